The SMILES string of the molecule is CC1=C2N=NNC2CCC1. The van der Waals surface area contributed by atoms with Crippen molar-refractivity contribution in [1.29, 1.82) is 0 Å². The molecule has 0 amide bonds. The van der Waals surface area contributed by atoms with Crippen LogP contribution in [0.1, 0.15) is 26.2 Å². The van der Waals surface area contributed by atoms with Gasteiger partial charge in [-0.05, 0) is 31.8 Å². The van der Waals surface area contributed by atoms with Crippen LogP contribution in [0.3, 0.4) is 0 Å². The van der Waals surface area contributed by atoms with Crippen molar-refractivity contribution in [3.63, 3.8) is 0 Å². The first-order valence-electron chi connectivity index (χ1n) is 3.74. The molecule has 54 valence electrons. The third-order valence-corrected chi connectivity index (χ3v) is 2.18. The van der Waals surface area contributed by atoms with Crippen LogP contribution in [0.15, 0.2) is 21.6 Å². The van der Waals surface area contributed by atoms with E-state index in [4.69, 9.17) is 0 Å². The van der Waals surface area contributed by atoms with E-state index in [1.165, 1.54) is 30.5 Å². The number of allylic oxidation sites excluding steroid dienone is 1. The molecule has 1 aliphatic carbocycles. The number of nitrogens with one attached hydrogen (secondary N) is 1. The van der Waals surface area contributed by atoms with Crippen molar-refractivity contribution < 1.29 is 0 Å². The van der Waals surface area contributed by atoms with Crippen molar-refractivity contribution in [2.45, 2.75) is 32.2 Å². The number of fused-ring (bicyclic) bond motifs is 1. The first-order chi connectivity index (χ1) is 4.88. The Bertz CT molecular complexity index is 205. The summed E-state index contributed by atoms with van der Waals surface area (Å²) in [6.45, 7) is 2.15. The number of hydrogen-bond donors (Lipinski definition) is 1. The fourth-order valence-electron chi connectivity index (χ4n) is 1.57. The summed E-state index contributed by atoms with van der Waals surface area (Å²) in [6, 6.07) is 0.439. The quantitative estimate of drug-likeness (QED) is 0.543. The maximum Gasteiger partial charge on any atom is 0.0896 e. The Labute approximate surface area is 60.2 Å². The van der Waals surface area contributed by atoms with Crippen molar-refractivity contribution in [3.05, 3.63) is 11.3 Å². The lowest BCUT2D eigenvalue weighted by Gasteiger charge is -2.17. The summed E-state index contributed by atoms with van der Waals surface area (Å²) >= 11 is 0. The van der Waals surface area contributed by atoms with Crippen LogP contribution in [0.4, 0.5) is 0 Å². The van der Waals surface area contributed by atoms with E-state index >= 15 is 0 Å². The Morgan fingerprint density at radius 3 is 3.30 bits per heavy atom. The molecule has 1 atom stereocenters. The normalized spacial score (nSPS) is 30.3. The molecule has 2 aliphatic rings. The Balaban J connectivity index is 2.32. The van der Waals surface area contributed by atoms with Gasteiger partial charge in [0, 0.05) is 0 Å². The van der Waals surface area contributed by atoms with Gasteiger partial charge in [-0.1, -0.05) is 5.22 Å². The molecule has 0 saturated heterocycles. The minimum Gasteiger partial charge on any atom is -0.282 e. The van der Waals surface area contributed by atoms with Gasteiger partial charge in [-0.2, -0.15) is 0 Å². The first-order valence-corrected chi connectivity index (χ1v) is 3.74. The van der Waals surface area contributed by atoms with Gasteiger partial charge >= 0.3 is 0 Å². The molecule has 10 heavy (non-hydrogen) atoms. The van der Waals surface area contributed by atoms with Gasteiger partial charge in [0.2, 0.25) is 0 Å². The van der Waals surface area contributed by atoms with Crippen molar-refractivity contribution in [2.75, 3.05) is 0 Å². The molecule has 1 heterocycles. The minimum atomic E-state index is 0.439. The largest absolute Gasteiger partial charge is 0.282 e. The summed E-state index contributed by atoms with van der Waals surface area (Å²) in [5, 5.41) is 7.83. The molecule has 0 aromatic carbocycles. The summed E-state index contributed by atoms with van der Waals surface area (Å²) in [5.41, 5.74) is 5.58. The van der Waals surface area contributed by atoms with Crippen LogP contribution < -0.4 is 5.43 Å². The van der Waals surface area contributed by atoms with E-state index in [1.54, 1.807) is 0 Å². The molecule has 0 radical (unpaired) electrons. The highest BCUT2D eigenvalue weighted by atomic mass is 15.5. The summed E-state index contributed by atoms with van der Waals surface area (Å²) < 4.78 is 0. The van der Waals surface area contributed by atoms with Gasteiger partial charge in [-0.25, -0.2) is 0 Å². The van der Waals surface area contributed by atoms with Gasteiger partial charge in [-0.3, -0.25) is 5.43 Å². The smallest absolute Gasteiger partial charge is 0.0896 e. The second-order valence-corrected chi connectivity index (χ2v) is 2.94. The average Bonchev–Trinajstić information content (AvgIpc) is 2.36. The van der Waals surface area contributed by atoms with Crippen molar-refractivity contribution in [3.8, 4) is 0 Å². The second kappa shape index (κ2) is 2.08. The summed E-state index contributed by atoms with van der Waals surface area (Å²) in [4.78, 5) is 0. The van der Waals surface area contributed by atoms with Gasteiger partial charge in [0.05, 0.1) is 11.7 Å². The zero-order valence-electron chi connectivity index (χ0n) is 6.09. The highest BCUT2D eigenvalue weighted by Crippen LogP contribution is 2.28. The second-order valence-electron chi connectivity index (χ2n) is 2.94. The van der Waals surface area contributed by atoms with E-state index in [9.17, 15) is 0 Å². The fraction of sp³-hybridized carbons (Fsp3) is 0.714. The molecule has 0 saturated carbocycles. The molecule has 1 unspecified atom stereocenters. The van der Waals surface area contributed by atoms with Crippen LogP contribution in [0.2, 0.25) is 0 Å². The van der Waals surface area contributed by atoms with Crippen molar-refractivity contribution >= 4 is 0 Å². The lowest BCUT2D eigenvalue weighted by molar-refractivity contribution is 0.537. The number of rotatable bonds is 0. The maximum atomic E-state index is 4.03. The van der Waals surface area contributed by atoms with E-state index in [0.717, 1.165) is 0 Å². The third kappa shape index (κ3) is 0.735. The lowest BCUT2D eigenvalue weighted by Crippen LogP contribution is -2.23. The fourth-order valence-corrected chi connectivity index (χ4v) is 1.57. The Morgan fingerprint density at radius 2 is 2.50 bits per heavy atom. The third-order valence-electron chi connectivity index (χ3n) is 2.18. The van der Waals surface area contributed by atoms with Gasteiger partial charge in [0.15, 0.2) is 0 Å². The van der Waals surface area contributed by atoms with Crippen LogP contribution in [-0.4, -0.2) is 6.04 Å². The Morgan fingerprint density at radius 1 is 1.60 bits per heavy atom. The van der Waals surface area contributed by atoms with Gasteiger partial charge in [0.25, 0.3) is 0 Å². The predicted octanol–water partition coefficient (Wildman–Crippen LogP) is 1.78. The Hall–Kier alpha value is -0.860. The summed E-state index contributed by atoms with van der Waals surface area (Å²) in [5.74, 6) is 0. The van der Waals surface area contributed by atoms with Gasteiger partial charge in [0.1, 0.15) is 0 Å². The topological polar surface area (TPSA) is 36.8 Å². The molecule has 3 heteroatoms. The zero-order valence-corrected chi connectivity index (χ0v) is 6.09. The van der Waals surface area contributed by atoms with Crippen molar-refractivity contribution in [2.24, 2.45) is 10.3 Å². The molecule has 0 bridgehead atoms. The minimum absolute atomic E-state index is 0.439. The highest BCUT2D eigenvalue weighted by Gasteiger charge is 2.23. The predicted molar refractivity (Wildman–Crippen MR) is 38.3 cm³/mol. The Kier molecular flexibility index (Phi) is 1.22. The van der Waals surface area contributed by atoms with Gasteiger partial charge < -0.3 is 0 Å². The number of hydrogen-bond acceptors (Lipinski definition) is 3. The van der Waals surface area contributed by atoms with E-state index in [0.29, 0.717) is 6.04 Å². The molecule has 1 N–H and O–H groups in total. The van der Waals surface area contributed by atoms with Crippen molar-refractivity contribution in [1.82, 2.24) is 5.43 Å². The van der Waals surface area contributed by atoms with Crippen LogP contribution >= 0.6 is 0 Å². The maximum absolute atomic E-state index is 4.03. The molecular formula is C7H11N3. The zero-order chi connectivity index (χ0) is 6.97. The average molecular weight is 137 g/mol. The van der Waals surface area contributed by atoms with Crippen LogP contribution in [-0.2, 0) is 0 Å². The molecule has 0 aromatic rings. The summed E-state index contributed by atoms with van der Waals surface area (Å²) in [7, 11) is 0. The molecule has 3 nitrogen and oxygen atoms in total. The molecule has 2 rings (SSSR count). The highest BCUT2D eigenvalue weighted by molar-refractivity contribution is 5.21. The molecule has 0 spiro atoms. The molecule has 0 fully saturated rings. The van der Waals surface area contributed by atoms with Crippen LogP contribution in [0.5, 0.6) is 0 Å². The monoisotopic (exact) mass is 137 g/mol. The molecule has 1 aliphatic heterocycles. The standard InChI is InChI=1S/C7H11N3/c1-5-3-2-4-6-7(5)9-10-8-6/h6H,2-4H2,1H3,(H,8,9). The van der Waals surface area contributed by atoms with Gasteiger partial charge in [-0.15, -0.1) is 5.11 Å². The summed E-state index contributed by atoms with van der Waals surface area (Å²) in [6.07, 6.45) is 3.67. The lowest BCUT2D eigenvalue weighted by atomic mass is 9.94. The van der Waals surface area contributed by atoms with E-state index in [2.05, 4.69) is 22.7 Å². The van der Waals surface area contributed by atoms with E-state index in [1.807, 2.05) is 0 Å². The first kappa shape index (κ1) is 5.89. The van der Waals surface area contributed by atoms with E-state index in [-0.39, 0.29) is 0 Å². The number of nitrogens with zero attached hydrogens (tertiary/aromatic N) is 2. The molecular weight excluding hydrogens is 126 g/mol. The van der Waals surface area contributed by atoms with Crippen LogP contribution in [0.25, 0.3) is 0 Å². The molecule has 0 aromatic heterocycles. The van der Waals surface area contributed by atoms with E-state index < -0.39 is 0 Å². The van der Waals surface area contributed by atoms with Crippen LogP contribution in [0, 0.1) is 0 Å².